The number of esters is 1. The number of hydrogen-bond acceptors (Lipinski definition) is 3. The first-order valence-corrected chi connectivity index (χ1v) is 7.05. The molecule has 1 aliphatic rings. The van der Waals surface area contributed by atoms with Crippen molar-refractivity contribution in [3.05, 3.63) is 28.7 Å². The Labute approximate surface area is 115 Å². The minimum Gasteiger partial charge on any atom is -0.426 e. The minimum absolute atomic E-state index is 0.0864. The first-order chi connectivity index (χ1) is 8.57. The predicted molar refractivity (Wildman–Crippen MR) is 72.4 cm³/mol. The van der Waals surface area contributed by atoms with E-state index in [1.54, 1.807) is 12.1 Å². The third kappa shape index (κ3) is 3.82. The van der Waals surface area contributed by atoms with Crippen molar-refractivity contribution in [1.29, 1.82) is 0 Å². The summed E-state index contributed by atoms with van der Waals surface area (Å²) in [5.41, 5.74) is -0.856. The van der Waals surface area contributed by atoms with Crippen molar-refractivity contribution >= 4 is 21.9 Å². The number of benzene rings is 1. The molecule has 0 saturated heterocycles. The van der Waals surface area contributed by atoms with E-state index in [9.17, 15) is 9.90 Å². The van der Waals surface area contributed by atoms with Crippen molar-refractivity contribution in [2.24, 2.45) is 0 Å². The fourth-order valence-corrected chi connectivity index (χ4v) is 2.59. The van der Waals surface area contributed by atoms with E-state index in [1.165, 1.54) is 0 Å². The summed E-state index contributed by atoms with van der Waals surface area (Å²) >= 11 is 3.32. The molecule has 18 heavy (non-hydrogen) atoms. The summed E-state index contributed by atoms with van der Waals surface area (Å²) in [5.74, 6) is 0.157. The molecular formula is C14H17BrO3. The highest BCUT2D eigenvalue weighted by Gasteiger charge is 2.32. The third-order valence-electron chi connectivity index (χ3n) is 3.30. The van der Waals surface area contributed by atoms with Crippen LogP contribution in [-0.2, 0) is 4.79 Å². The van der Waals surface area contributed by atoms with Crippen molar-refractivity contribution in [3.8, 4) is 5.75 Å². The Balaban J connectivity index is 1.90. The van der Waals surface area contributed by atoms with Crippen LogP contribution in [0.15, 0.2) is 28.7 Å². The Morgan fingerprint density at radius 2 is 1.83 bits per heavy atom. The van der Waals surface area contributed by atoms with E-state index >= 15 is 0 Å². The van der Waals surface area contributed by atoms with Gasteiger partial charge in [-0.2, -0.15) is 0 Å². The molecular weight excluding hydrogens is 296 g/mol. The Hall–Kier alpha value is -0.870. The van der Waals surface area contributed by atoms with Gasteiger partial charge in [0.15, 0.2) is 0 Å². The van der Waals surface area contributed by atoms with Gasteiger partial charge in [-0.25, -0.2) is 0 Å². The normalized spacial score (nSPS) is 18.3. The Bertz CT molecular complexity index is 408. The molecule has 98 valence electrons. The van der Waals surface area contributed by atoms with Crippen molar-refractivity contribution < 1.29 is 14.6 Å². The SMILES string of the molecule is O=C(CC1(O)CCCCC1)Oc1ccc(Br)cc1. The van der Waals surface area contributed by atoms with E-state index in [0.29, 0.717) is 18.6 Å². The standard InChI is InChI=1S/C14H17BrO3/c15-11-4-6-12(7-5-11)18-13(16)10-14(17)8-2-1-3-9-14/h4-7,17H,1-3,8-10H2. The monoisotopic (exact) mass is 312 g/mol. The number of hydrogen-bond donors (Lipinski definition) is 1. The maximum absolute atomic E-state index is 11.8. The van der Waals surface area contributed by atoms with E-state index in [-0.39, 0.29) is 12.4 Å². The molecule has 0 aliphatic heterocycles. The summed E-state index contributed by atoms with van der Waals surface area (Å²) in [6.45, 7) is 0. The highest BCUT2D eigenvalue weighted by atomic mass is 79.9. The fraction of sp³-hybridized carbons (Fsp3) is 0.500. The van der Waals surface area contributed by atoms with E-state index in [1.807, 2.05) is 12.1 Å². The van der Waals surface area contributed by atoms with E-state index in [0.717, 1.165) is 23.7 Å². The van der Waals surface area contributed by atoms with Crippen LogP contribution in [0, 0.1) is 0 Å². The molecule has 0 aromatic heterocycles. The van der Waals surface area contributed by atoms with Crippen LogP contribution in [0.25, 0.3) is 0 Å². The summed E-state index contributed by atoms with van der Waals surface area (Å²) in [6, 6.07) is 7.09. The number of carbonyl (C=O) groups excluding carboxylic acids is 1. The average Bonchev–Trinajstić information content (AvgIpc) is 2.32. The third-order valence-corrected chi connectivity index (χ3v) is 3.83. The van der Waals surface area contributed by atoms with Gasteiger partial charge in [0.2, 0.25) is 0 Å². The first-order valence-electron chi connectivity index (χ1n) is 6.26. The Morgan fingerprint density at radius 1 is 1.22 bits per heavy atom. The minimum atomic E-state index is -0.856. The largest absolute Gasteiger partial charge is 0.426 e. The molecule has 1 saturated carbocycles. The summed E-state index contributed by atoms with van der Waals surface area (Å²) in [6.07, 6.45) is 4.60. The second-order valence-electron chi connectivity index (χ2n) is 4.89. The van der Waals surface area contributed by atoms with Gasteiger partial charge >= 0.3 is 5.97 Å². The predicted octanol–water partition coefficient (Wildman–Crippen LogP) is 3.44. The zero-order valence-electron chi connectivity index (χ0n) is 10.2. The van der Waals surface area contributed by atoms with Crippen LogP contribution in [0.5, 0.6) is 5.75 Å². The second-order valence-corrected chi connectivity index (χ2v) is 5.81. The first kappa shape index (κ1) is 13.6. The van der Waals surface area contributed by atoms with Crippen molar-refractivity contribution in [3.63, 3.8) is 0 Å². The maximum atomic E-state index is 11.8. The molecule has 0 spiro atoms. The van der Waals surface area contributed by atoms with Crippen LogP contribution < -0.4 is 4.74 Å². The van der Waals surface area contributed by atoms with Gasteiger partial charge in [-0.05, 0) is 37.1 Å². The lowest BCUT2D eigenvalue weighted by atomic mass is 9.82. The number of aliphatic hydroxyl groups is 1. The number of carbonyl (C=O) groups is 1. The summed E-state index contributed by atoms with van der Waals surface area (Å²) in [4.78, 5) is 11.8. The fourth-order valence-electron chi connectivity index (χ4n) is 2.33. The van der Waals surface area contributed by atoms with Crippen LogP contribution in [0.1, 0.15) is 38.5 Å². The topological polar surface area (TPSA) is 46.5 Å². The molecule has 1 aromatic carbocycles. The van der Waals surface area contributed by atoms with Crippen molar-refractivity contribution in [2.45, 2.75) is 44.1 Å². The molecule has 2 rings (SSSR count). The highest BCUT2D eigenvalue weighted by Crippen LogP contribution is 2.31. The molecule has 1 fully saturated rings. The second kappa shape index (κ2) is 5.85. The number of ether oxygens (including phenoxy) is 1. The smallest absolute Gasteiger partial charge is 0.314 e. The summed E-state index contributed by atoms with van der Waals surface area (Å²) < 4.78 is 6.16. The van der Waals surface area contributed by atoms with Crippen LogP contribution in [-0.4, -0.2) is 16.7 Å². The molecule has 0 bridgehead atoms. The molecule has 0 unspecified atom stereocenters. The molecule has 4 heteroatoms. The number of rotatable bonds is 3. The summed E-state index contributed by atoms with van der Waals surface area (Å²) in [5, 5.41) is 10.3. The lowest BCUT2D eigenvalue weighted by Crippen LogP contribution is -2.35. The van der Waals surface area contributed by atoms with Gasteiger partial charge < -0.3 is 9.84 Å². The van der Waals surface area contributed by atoms with Crippen LogP contribution in [0.3, 0.4) is 0 Å². The lowest BCUT2D eigenvalue weighted by Gasteiger charge is -2.30. The van der Waals surface area contributed by atoms with Crippen LogP contribution in [0.2, 0.25) is 0 Å². The highest BCUT2D eigenvalue weighted by molar-refractivity contribution is 9.10. The maximum Gasteiger partial charge on any atom is 0.314 e. The van der Waals surface area contributed by atoms with Gasteiger partial charge in [0.05, 0.1) is 12.0 Å². The van der Waals surface area contributed by atoms with Crippen molar-refractivity contribution in [2.75, 3.05) is 0 Å². The van der Waals surface area contributed by atoms with Gasteiger partial charge in [0.25, 0.3) is 0 Å². The average molecular weight is 313 g/mol. The quantitative estimate of drug-likeness (QED) is 0.687. The number of halogens is 1. The molecule has 1 aromatic rings. The zero-order chi connectivity index (χ0) is 13.0. The van der Waals surface area contributed by atoms with E-state index < -0.39 is 5.60 Å². The molecule has 0 radical (unpaired) electrons. The Morgan fingerprint density at radius 3 is 2.44 bits per heavy atom. The van der Waals surface area contributed by atoms with E-state index in [2.05, 4.69) is 15.9 Å². The van der Waals surface area contributed by atoms with Gasteiger partial charge in [-0.1, -0.05) is 35.2 Å². The summed E-state index contributed by atoms with van der Waals surface area (Å²) in [7, 11) is 0. The van der Waals surface area contributed by atoms with Gasteiger partial charge in [-0.3, -0.25) is 4.79 Å². The van der Waals surface area contributed by atoms with Gasteiger partial charge in [0.1, 0.15) is 5.75 Å². The van der Waals surface area contributed by atoms with Crippen molar-refractivity contribution in [1.82, 2.24) is 0 Å². The molecule has 1 aliphatic carbocycles. The van der Waals surface area contributed by atoms with Gasteiger partial charge in [-0.15, -0.1) is 0 Å². The zero-order valence-corrected chi connectivity index (χ0v) is 11.8. The molecule has 0 atom stereocenters. The van der Waals surface area contributed by atoms with E-state index in [4.69, 9.17) is 4.74 Å². The van der Waals surface area contributed by atoms with Crippen LogP contribution >= 0.6 is 15.9 Å². The van der Waals surface area contributed by atoms with Crippen LogP contribution in [0.4, 0.5) is 0 Å². The molecule has 0 heterocycles. The van der Waals surface area contributed by atoms with Gasteiger partial charge in [0, 0.05) is 4.47 Å². The Kier molecular flexibility index (Phi) is 4.40. The molecule has 1 N–H and O–H groups in total. The molecule has 3 nitrogen and oxygen atoms in total. The lowest BCUT2D eigenvalue weighted by molar-refractivity contribution is -0.141. The molecule has 0 amide bonds.